The summed E-state index contributed by atoms with van der Waals surface area (Å²) in [4.78, 5) is 12.4. The molecule has 0 aliphatic carbocycles. The molecule has 0 radical (unpaired) electrons. The fraction of sp³-hybridized carbons (Fsp3) is 0.381. The van der Waals surface area contributed by atoms with Gasteiger partial charge in [0.2, 0.25) is 0 Å². The number of benzene rings is 2. The first-order valence-electron chi connectivity index (χ1n) is 9.02. The van der Waals surface area contributed by atoms with Crippen LogP contribution >= 0.6 is 0 Å². The molecule has 2 rings (SSSR count). The van der Waals surface area contributed by atoms with Gasteiger partial charge in [-0.3, -0.25) is 5.32 Å². The molecule has 0 unspecified atom stereocenters. The fourth-order valence-electron chi connectivity index (χ4n) is 2.71. The number of hydrogen-bond donors (Lipinski definition) is 3. The van der Waals surface area contributed by atoms with E-state index in [0.29, 0.717) is 17.9 Å². The van der Waals surface area contributed by atoms with E-state index in [4.69, 9.17) is 14.6 Å². The number of hydrogen-bond acceptors (Lipinski definition) is 5. The molecule has 0 heterocycles. The van der Waals surface area contributed by atoms with E-state index < -0.39 is 12.2 Å². The SMILES string of the molecule is Cc1ccc(NC(=O)O[C@H](c2cccc(OCCO)c2)[C@H](C)CCO)cc1. The van der Waals surface area contributed by atoms with Crippen molar-refractivity contribution in [2.45, 2.75) is 26.4 Å². The van der Waals surface area contributed by atoms with Crippen LogP contribution in [0, 0.1) is 12.8 Å². The first kappa shape index (κ1) is 20.7. The Balaban J connectivity index is 2.13. The van der Waals surface area contributed by atoms with Gasteiger partial charge in [-0.2, -0.15) is 0 Å². The predicted molar refractivity (Wildman–Crippen MR) is 104 cm³/mol. The summed E-state index contributed by atoms with van der Waals surface area (Å²) >= 11 is 0. The molecule has 2 atom stereocenters. The molecule has 6 nitrogen and oxygen atoms in total. The molecule has 0 fully saturated rings. The van der Waals surface area contributed by atoms with E-state index in [9.17, 15) is 9.90 Å². The summed E-state index contributed by atoms with van der Waals surface area (Å²) in [7, 11) is 0. The van der Waals surface area contributed by atoms with Gasteiger partial charge < -0.3 is 19.7 Å². The van der Waals surface area contributed by atoms with Gasteiger partial charge >= 0.3 is 6.09 Å². The number of aliphatic hydroxyl groups excluding tert-OH is 2. The second-order valence-corrected chi connectivity index (χ2v) is 6.45. The van der Waals surface area contributed by atoms with Crippen LogP contribution in [0.2, 0.25) is 0 Å². The lowest BCUT2D eigenvalue weighted by molar-refractivity contribution is 0.0665. The molecule has 0 bridgehead atoms. The van der Waals surface area contributed by atoms with Crippen LogP contribution in [0.4, 0.5) is 10.5 Å². The van der Waals surface area contributed by atoms with Crippen LogP contribution in [0.3, 0.4) is 0 Å². The van der Waals surface area contributed by atoms with Crippen LogP contribution in [0.15, 0.2) is 48.5 Å². The molecule has 0 aliphatic rings. The van der Waals surface area contributed by atoms with Crippen molar-refractivity contribution in [3.63, 3.8) is 0 Å². The van der Waals surface area contributed by atoms with Gasteiger partial charge in [0, 0.05) is 12.3 Å². The molecule has 27 heavy (non-hydrogen) atoms. The maximum absolute atomic E-state index is 12.4. The summed E-state index contributed by atoms with van der Waals surface area (Å²) < 4.78 is 11.1. The number of ether oxygens (including phenoxy) is 2. The lowest BCUT2D eigenvalue weighted by Crippen LogP contribution is -2.22. The van der Waals surface area contributed by atoms with Gasteiger partial charge in [0.05, 0.1) is 6.61 Å². The summed E-state index contributed by atoms with van der Waals surface area (Å²) in [6.45, 7) is 4.00. The Labute approximate surface area is 159 Å². The molecule has 3 N–H and O–H groups in total. The summed E-state index contributed by atoms with van der Waals surface area (Å²) in [6.07, 6.45) is -0.611. The normalized spacial score (nSPS) is 12.9. The Bertz CT molecular complexity index is 717. The zero-order chi connectivity index (χ0) is 19.6. The van der Waals surface area contributed by atoms with Crippen molar-refractivity contribution >= 4 is 11.8 Å². The Hall–Kier alpha value is -2.57. The molecule has 0 aliphatic heterocycles. The van der Waals surface area contributed by atoms with Crippen molar-refractivity contribution in [2.24, 2.45) is 5.92 Å². The summed E-state index contributed by atoms with van der Waals surface area (Å²) in [6, 6.07) is 14.7. The van der Waals surface area contributed by atoms with Gasteiger partial charge in [-0.1, -0.05) is 36.8 Å². The first-order valence-corrected chi connectivity index (χ1v) is 9.02. The monoisotopic (exact) mass is 373 g/mol. The van der Waals surface area contributed by atoms with E-state index >= 15 is 0 Å². The maximum atomic E-state index is 12.4. The Morgan fingerprint density at radius 3 is 2.52 bits per heavy atom. The molecule has 0 saturated heterocycles. The van der Waals surface area contributed by atoms with Gasteiger partial charge in [-0.15, -0.1) is 0 Å². The molecule has 2 aromatic carbocycles. The number of rotatable bonds is 9. The molecular formula is C21H27NO5. The van der Waals surface area contributed by atoms with Gasteiger partial charge in [0.1, 0.15) is 18.5 Å². The van der Waals surface area contributed by atoms with Crippen molar-refractivity contribution in [3.05, 3.63) is 59.7 Å². The summed E-state index contributed by atoms with van der Waals surface area (Å²) in [5.74, 6) is 0.497. The molecule has 2 aromatic rings. The molecular weight excluding hydrogens is 346 g/mol. The minimum Gasteiger partial charge on any atom is -0.491 e. The Morgan fingerprint density at radius 1 is 1.11 bits per heavy atom. The lowest BCUT2D eigenvalue weighted by Gasteiger charge is -2.24. The highest BCUT2D eigenvalue weighted by Crippen LogP contribution is 2.31. The second-order valence-electron chi connectivity index (χ2n) is 6.45. The van der Waals surface area contributed by atoms with Crippen molar-refractivity contribution in [2.75, 3.05) is 25.1 Å². The molecule has 0 aromatic heterocycles. The topological polar surface area (TPSA) is 88.0 Å². The minimum absolute atomic E-state index is 0.00130. The van der Waals surface area contributed by atoms with Crippen LogP contribution in [0.5, 0.6) is 5.75 Å². The van der Waals surface area contributed by atoms with E-state index in [1.807, 2.05) is 50.2 Å². The standard InChI is InChI=1S/C21H27NO5/c1-15-6-8-18(9-7-15)22-21(25)27-20(16(2)10-11-23)17-4-3-5-19(14-17)26-13-12-24/h3-9,14,16,20,23-24H,10-13H2,1-2H3,(H,22,25)/t16-,20+/m1/s1. The molecule has 0 spiro atoms. The van der Waals surface area contributed by atoms with E-state index in [-0.39, 0.29) is 25.7 Å². The quantitative estimate of drug-likeness (QED) is 0.624. The van der Waals surface area contributed by atoms with Crippen molar-refractivity contribution in [3.8, 4) is 5.75 Å². The maximum Gasteiger partial charge on any atom is 0.412 e. The highest BCUT2D eigenvalue weighted by Gasteiger charge is 2.24. The Morgan fingerprint density at radius 2 is 1.85 bits per heavy atom. The molecule has 1 amide bonds. The number of aryl methyl sites for hydroxylation is 1. The second kappa shape index (κ2) is 10.5. The van der Waals surface area contributed by atoms with Gasteiger partial charge in [-0.25, -0.2) is 4.79 Å². The smallest absolute Gasteiger partial charge is 0.412 e. The first-order chi connectivity index (χ1) is 13.0. The highest BCUT2D eigenvalue weighted by molar-refractivity contribution is 5.84. The number of anilines is 1. The lowest BCUT2D eigenvalue weighted by atomic mass is 9.94. The van der Waals surface area contributed by atoms with E-state index in [1.54, 1.807) is 12.1 Å². The average Bonchev–Trinajstić information content (AvgIpc) is 2.66. The molecule has 6 heteroatoms. The summed E-state index contributed by atoms with van der Waals surface area (Å²) in [5.41, 5.74) is 2.52. The van der Waals surface area contributed by atoms with E-state index in [2.05, 4.69) is 5.32 Å². The number of amides is 1. The average molecular weight is 373 g/mol. The van der Waals surface area contributed by atoms with Crippen LogP contribution in [-0.4, -0.2) is 36.1 Å². The van der Waals surface area contributed by atoms with Crippen LogP contribution in [-0.2, 0) is 4.74 Å². The fourth-order valence-corrected chi connectivity index (χ4v) is 2.71. The minimum atomic E-state index is -0.560. The van der Waals surface area contributed by atoms with E-state index in [1.165, 1.54) is 0 Å². The summed E-state index contributed by atoms with van der Waals surface area (Å²) in [5, 5.41) is 20.9. The third kappa shape index (κ3) is 6.58. The highest BCUT2D eigenvalue weighted by atomic mass is 16.6. The zero-order valence-electron chi connectivity index (χ0n) is 15.7. The third-order valence-corrected chi connectivity index (χ3v) is 4.18. The van der Waals surface area contributed by atoms with Crippen LogP contribution in [0.1, 0.15) is 30.6 Å². The number of carbonyl (C=O) groups is 1. The van der Waals surface area contributed by atoms with Crippen LogP contribution < -0.4 is 10.1 Å². The van der Waals surface area contributed by atoms with Crippen molar-refractivity contribution in [1.82, 2.24) is 0 Å². The molecule has 0 saturated carbocycles. The number of nitrogens with one attached hydrogen (secondary N) is 1. The predicted octanol–water partition coefficient (Wildman–Crippen LogP) is 3.67. The third-order valence-electron chi connectivity index (χ3n) is 4.18. The largest absolute Gasteiger partial charge is 0.491 e. The van der Waals surface area contributed by atoms with Gasteiger partial charge in [-0.05, 0) is 49.1 Å². The molecule has 146 valence electrons. The van der Waals surface area contributed by atoms with E-state index in [0.717, 1.165) is 11.1 Å². The number of carbonyl (C=O) groups excluding carboxylic acids is 1. The zero-order valence-corrected chi connectivity index (χ0v) is 15.7. The van der Waals surface area contributed by atoms with Gasteiger partial charge in [0.25, 0.3) is 0 Å². The van der Waals surface area contributed by atoms with Gasteiger partial charge in [0.15, 0.2) is 0 Å². The van der Waals surface area contributed by atoms with Crippen molar-refractivity contribution in [1.29, 1.82) is 0 Å². The van der Waals surface area contributed by atoms with Crippen LogP contribution in [0.25, 0.3) is 0 Å². The Kier molecular flexibility index (Phi) is 8.10. The van der Waals surface area contributed by atoms with Crippen molar-refractivity contribution < 1.29 is 24.5 Å². The number of aliphatic hydroxyl groups is 2.